The van der Waals surface area contributed by atoms with Crippen molar-refractivity contribution in [3.63, 3.8) is 0 Å². The molecule has 3 nitrogen and oxygen atoms in total. The van der Waals surface area contributed by atoms with Gasteiger partial charge in [-0.25, -0.2) is 0 Å². The van der Waals surface area contributed by atoms with Gasteiger partial charge in [-0.3, -0.25) is 4.79 Å². The maximum absolute atomic E-state index is 10.8. The molecule has 0 aromatic carbocycles. The highest BCUT2D eigenvalue weighted by Gasteiger charge is 2.00. The summed E-state index contributed by atoms with van der Waals surface area (Å²) < 4.78 is 4.57. The first-order valence-electron chi connectivity index (χ1n) is 6.06. The van der Waals surface area contributed by atoms with E-state index in [4.69, 9.17) is 0 Å². The summed E-state index contributed by atoms with van der Waals surface area (Å²) in [5, 5.41) is 3.44. The minimum Gasteiger partial charge on any atom is -0.469 e. The van der Waals surface area contributed by atoms with Crippen LogP contribution >= 0.6 is 11.8 Å². The molecule has 0 bridgehead atoms. The van der Waals surface area contributed by atoms with Gasteiger partial charge in [0.2, 0.25) is 0 Å². The molecule has 4 heteroatoms. The first kappa shape index (κ1) is 15.8. The number of hydrogen-bond acceptors (Lipinski definition) is 4. The lowest BCUT2D eigenvalue weighted by Crippen LogP contribution is -2.23. The van der Waals surface area contributed by atoms with Crippen LogP contribution in [-0.2, 0) is 9.53 Å². The monoisotopic (exact) mass is 247 g/mol. The molecule has 0 saturated carbocycles. The Hall–Kier alpha value is -0.220. The standard InChI is InChI=1S/C12H25NO2S/c1-4-5-11(2)10-13-7-9-16-8-6-12(14)15-3/h11,13H,4-10H2,1-3H3. The molecular formula is C12H25NO2S. The maximum atomic E-state index is 10.8. The van der Waals surface area contributed by atoms with Gasteiger partial charge in [-0.05, 0) is 18.9 Å². The number of hydrogen-bond donors (Lipinski definition) is 1. The zero-order chi connectivity index (χ0) is 12.2. The van der Waals surface area contributed by atoms with E-state index in [9.17, 15) is 4.79 Å². The molecule has 1 N–H and O–H groups in total. The van der Waals surface area contributed by atoms with Crippen LogP contribution < -0.4 is 5.32 Å². The van der Waals surface area contributed by atoms with Crippen molar-refractivity contribution in [2.24, 2.45) is 5.92 Å². The predicted octanol–water partition coefficient (Wildman–Crippen LogP) is 2.31. The second-order valence-corrected chi connectivity index (χ2v) is 5.26. The lowest BCUT2D eigenvalue weighted by atomic mass is 10.1. The van der Waals surface area contributed by atoms with Crippen molar-refractivity contribution in [2.45, 2.75) is 33.1 Å². The molecule has 0 aromatic heterocycles. The Morgan fingerprint density at radius 2 is 2.19 bits per heavy atom. The third kappa shape index (κ3) is 10.3. The van der Waals surface area contributed by atoms with E-state index in [2.05, 4.69) is 23.9 Å². The fraction of sp³-hybridized carbons (Fsp3) is 0.917. The SMILES string of the molecule is CCCC(C)CNCCSCCC(=O)OC. The molecule has 0 saturated heterocycles. The van der Waals surface area contributed by atoms with Crippen molar-refractivity contribution in [3.05, 3.63) is 0 Å². The Balaban J connectivity index is 3.12. The largest absolute Gasteiger partial charge is 0.469 e. The molecular weight excluding hydrogens is 222 g/mol. The van der Waals surface area contributed by atoms with E-state index in [1.54, 1.807) is 11.8 Å². The van der Waals surface area contributed by atoms with E-state index in [1.165, 1.54) is 20.0 Å². The van der Waals surface area contributed by atoms with Crippen LogP contribution in [-0.4, -0.2) is 37.7 Å². The average molecular weight is 247 g/mol. The normalized spacial score (nSPS) is 12.4. The third-order valence-electron chi connectivity index (χ3n) is 2.38. The molecule has 0 aliphatic heterocycles. The molecule has 1 atom stereocenters. The number of methoxy groups -OCH3 is 1. The number of nitrogens with one attached hydrogen (secondary N) is 1. The molecule has 0 aromatic rings. The summed E-state index contributed by atoms with van der Waals surface area (Å²) in [7, 11) is 1.43. The Labute approximate surface area is 104 Å². The van der Waals surface area contributed by atoms with E-state index in [0.717, 1.165) is 30.5 Å². The molecule has 0 fully saturated rings. The summed E-state index contributed by atoms with van der Waals surface area (Å²) in [5.74, 6) is 2.58. The summed E-state index contributed by atoms with van der Waals surface area (Å²) >= 11 is 1.80. The number of carbonyl (C=O) groups excluding carboxylic acids is 1. The van der Waals surface area contributed by atoms with Crippen molar-refractivity contribution in [1.82, 2.24) is 5.32 Å². The lowest BCUT2D eigenvalue weighted by molar-refractivity contribution is -0.140. The molecule has 0 heterocycles. The molecule has 0 aliphatic rings. The van der Waals surface area contributed by atoms with Gasteiger partial charge in [-0.2, -0.15) is 11.8 Å². The Morgan fingerprint density at radius 1 is 1.44 bits per heavy atom. The molecule has 96 valence electrons. The number of carbonyl (C=O) groups is 1. The zero-order valence-corrected chi connectivity index (χ0v) is 11.6. The van der Waals surface area contributed by atoms with Crippen LogP contribution in [0.1, 0.15) is 33.1 Å². The summed E-state index contributed by atoms with van der Waals surface area (Å²) in [6.07, 6.45) is 3.08. The number of esters is 1. The minimum atomic E-state index is -0.114. The Morgan fingerprint density at radius 3 is 2.81 bits per heavy atom. The molecule has 0 rings (SSSR count). The van der Waals surface area contributed by atoms with Crippen LogP contribution in [0.4, 0.5) is 0 Å². The van der Waals surface area contributed by atoms with Crippen LogP contribution in [0.25, 0.3) is 0 Å². The topological polar surface area (TPSA) is 38.3 Å². The van der Waals surface area contributed by atoms with Gasteiger partial charge < -0.3 is 10.1 Å². The highest BCUT2D eigenvalue weighted by atomic mass is 32.2. The van der Waals surface area contributed by atoms with Gasteiger partial charge in [0.05, 0.1) is 13.5 Å². The fourth-order valence-corrected chi connectivity index (χ4v) is 2.25. The predicted molar refractivity (Wildman–Crippen MR) is 70.9 cm³/mol. The maximum Gasteiger partial charge on any atom is 0.306 e. The smallest absolute Gasteiger partial charge is 0.306 e. The van der Waals surface area contributed by atoms with E-state index in [0.29, 0.717) is 6.42 Å². The quantitative estimate of drug-likeness (QED) is 0.475. The van der Waals surface area contributed by atoms with Crippen LogP contribution in [0.15, 0.2) is 0 Å². The van der Waals surface area contributed by atoms with Gasteiger partial charge in [-0.15, -0.1) is 0 Å². The molecule has 0 aliphatic carbocycles. The zero-order valence-electron chi connectivity index (χ0n) is 10.8. The summed E-state index contributed by atoms with van der Waals surface area (Å²) in [5.41, 5.74) is 0. The molecule has 16 heavy (non-hydrogen) atoms. The van der Waals surface area contributed by atoms with Crippen LogP contribution in [0, 0.1) is 5.92 Å². The average Bonchev–Trinajstić information content (AvgIpc) is 2.27. The lowest BCUT2D eigenvalue weighted by Gasteiger charge is -2.10. The van der Waals surface area contributed by atoms with Crippen LogP contribution in [0.2, 0.25) is 0 Å². The second-order valence-electron chi connectivity index (χ2n) is 4.04. The van der Waals surface area contributed by atoms with Crippen molar-refractivity contribution < 1.29 is 9.53 Å². The Bertz CT molecular complexity index is 176. The highest BCUT2D eigenvalue weighted by molar-refractivity contribution is 7.99. The molecule has 0 radical (unpaired) electrons. The van der Waals surface area contributed by atoms with Gasteiger partial charge in [0.1, 0.15) is 0 Å². The first-order chi connectivity index (χ1) is 7.70. The first-order valence-corrected chi connectivity index (χ1v) is 7.21. The summed E-state index contributed by atoms with van der Waals surface area (Å²) in [6, 6.07) is 0. The van der Waals surface area contributed by atoms with E-state index in [-0.39, 0.29) is 5.97 Å². The van der Waals surface area contributed by atoms with Gasteiger partial charge in [0, 0.05) is 18.1 Å². The molecule has 0 amide bonds. The number of thioether (sulfide) groups is 1. The van der Waals surface area contributed by atoms with Gasteiger partial charge >= 0.3 is 5.97 Å². The van der Waals surface area contributed by atoms with Crippen LogP contribution in [0.3, 0.4) is 0 Å². The van der Waals surface area contributed by atoms with Gasteiger partial charge in [-0.1, -0.05) is 20.3 Å². The number of ether oxygens (including phenoxy) is 1. The van der Waals surface area contributed by atoms with Crippen molar-refractivity contribution >= 4 is 17.7 Å². The van der Waals surface area contributed by atoms with Crippen molar-refractivity contribution in [2.75, 3.05) is 31.7 Å². The second kappa shape index (κ2) is 11.3. The fourth-order valence-electron chi connectivity index (χ4n) is 1.45. The van der Waals surface area contributed by atoms with Crippen LogP contribution in [0.5, 0.6) is 0 Å². The third-order valence-corrected chi connectivity index (χ3v) is 3.36. The summed E-state index contributed by atoms with van der Waals surface area (Å²) in [6.45, 7) is 6.63. The highest BCUT2D eigenvalue weighted by Crippen LogP contribution is 2.04. The molecule has 0 spiro atoms. The van der Waals surface area contributed by atoms with E-state index < -0.39 is 0 Å². The van der Waals surface area contributed by atoms with E-state index >= 15 is 0 Å². The van der Waals surface area contributed by atoms with E-state index in [1.807, 2.05) is 0 Å². The molecule has 1 unspecified atom stereocenters. The van der Waals surface area contributed by atoms with Crippen molar-refractivity contribution in [1.29, 1.82) is 0 Å². The van der Waals surface area contributed by atoms with Gasteiger partial charge in [0.15, 0.2) is 0 Å². The number of rotatable bonds is 10. The summed E-state index contributed by atoms with van der Waals surface area (Å²) in [4.78, 5) is 10.8. The Kier molecular flexibility index (Phi) is 11.1. The van der Waals surface area contributed by atoms with Crippen molar-refractivity contribution in [3.8, 4) is 0 Å². The van der Waals surface area contributed by atoms with Gasteiger partial charge in [0.25, 0.3) is 0 Å². The minimum absolute atomic E-state index is 0.114.